The number of anilines is 1. The number of nitrogens with one attached hydrogen (secondary N) is 1. The van der Waals surface area contributed by atoms with E-state index in [1.807, 2.05) is 18.2 Å². The Labute approximate surface area is 128 Å². The van der Waals surface area contributed by atoms with Gasteiger partial charge in [-0.3, -0.25) is 0 Å². The smallest absolute Gasteiger partial charge is 0.124 e. The van der Waals surface area contributed by atoms with Crippen molar-refractivity contribution in [1.29, 1.82) is 0 Å². The fraction of sp³-hybridized carbons (Fsp3) is 0.111. The second-order valence-electron chi connectivity index (χ2n) is 5.06. The molecule has 1 N–H and O–H groups in total. The third-order valence-corrected chi connectivity index (χ3v) is 3.91. The van der Waals surface area contributed by atoms with Crippen molar-refractivity contribution < 1.29 is 4.39 Å². The average Bonchev–Trinajstić information content (AvgIpc) is 2.49. The lowest BCUT2D eigenvalue weighted by Crippen LogP contribution is -2.07. The Morgan fingerprint density at radius 1 is 1.00 bits per heavy atom. The van der Waals surface area contributed by atoms with Gasteiger partial charge in [-0.1, -0.05) is 54.1 Å². The van der Waals surface area contributed by atoms with Gasteiger partial charge in [0.15, 0.2) is 0 Å². The minimum atomic E-state index is -0.330. The van der Waals surface area contributed by atoms with Crippen molar-refractivity contribution in [2.24, 2.45) is 0 Å². The van der Waals surface area contributed by atoms with Crippen LogP contribution in [0.25, 0.3) is 10.8 Å². The van der Waals surface area contributed by atoms with E-state index in [0.717, 1.165) is 5.69 Å². The predicted molar refractivity (Wildman–Crippen MR) is 87.4 cm³/mol. The van der Waals surface area contributed by atoms with Crippen molar-refractivity contribution in [2.75, 3.05) is 5.32 Å². The van der Waals surface area contributed by atoms with Crippen LogP contribution in [0.3, 0.4) is 0 Å². The number of halogens is 2. The van der Waals surface area contributed by atoms with Crippen molar-refractivity contribution in [1.82, 2.24) is 0 Å². The molecule has 0 saturated heterocycles. The summed E-state index contributed by atoms with van der Waals surface area (Å²) in [5, 5.41) is 6.15. The third kappa shape index (κ3) is 2.86. The van der Waals surface area contributed by atoms with Crippen LogP contribution in [0.15, 0.2) is 60.7 Å². The Balaban J connectivity index is 1.95. The average molecular weight is 300 g/mol. The summed E-state index contributed by atoms with van der Waals surface area (Å²) in [6.45, 7) is 2.07. The van der Waals surface area contributed by atoms with Crippen LogP contribution in [-0.2, 0) is 0 Å². The Hall–Kier alpha value is -2.06. The zero-order chi connectivity index (χ0) is 14.8. The standard InChI is InChI=1S/C18H15ClFN/c1-12(21-18-10-9-14(20)11-17(18)19)15-8-4-6-13-5-2-3-7-16(13)15/h2-12,21H,1H3. The Bertz CT molecular complexity index is 780. The number of benzene rings is 3. The highest BCUT2D eigenvalue weighted by molar-refractivity contribution is 6.33. The molecule has 0 aliphatic heterocycles. The van der Waals surface area contributed by atoms with Gasteiger partial charge in [0, 0.05) is 6.04 Å². The van der Waals surface area contributed by atoms with Gasteiger partial charge in [0.25, 0.3) is 0 Å². The van der Waals surface area contributed by atoms with Gasteiger partial charge < -0.3 is 5.32 Å². The summed E-state index contributed by atoms with van der Waals surface area (Å²) in [5.41, 5.74) is 1.92. The van der Waals surface area contributed by atoms with Crippen LogP contribution in [-0.4, -0.2) is 0 Å². The molecule has 3 rings (SSSR count). The highest BCUT2D eigenvalue weighted by Gasteiger charge is 2.11. The van der Waals surface area contributed by atoms with Crippen LogP contribution in [0, 0.1) is 5.82 Å². The number of hydrogen-bond donors (Lipinski definition) is 1. The van der Waals surface area contributed by atoms with E-state index >= 15 is 0 Å². The van der Waals surface area contributed by atoms with E-state index in [1.54, 1.807) is 6.07 Å². The van der Waals surface area contributed by atoms with Crippen LogP contribution in [0.1, 0.15) is 18.5 Å². The van der Waals surface area contributed by atoms with Crippen molar-refractivity contribution in [3.05, 3.63) is 77.1 Å². The molecule has 0 bridgehead atoms. The molecule has 0 fully saturated rings. The summed E-state index contributed by atoms with van der Waals surface area (Å²) in [5.74, 6) is -0.330. The molecular formula is C18H15ClFN. The van der Waals surface area contributed by atoms with Crippen LogP contribution in [0.4, 0.5) is 10.1 Å². The van der Waals surface area contributed by atoms with Gasteiger partial charge in [0.1, 0.15) is 5.82 Å². The molecular weight excluding hydrogens is 285 g/mol. The summed E-state index contributed by atoms with van der Waals surface area (Å²) < 4.78 is 13.1. The van der Waals surface area contributed by atoms with Gasteiger partial charge >= 0.3 is 0 Å². The van der Waals surface area contributed by atoms with Crippen molar-refractivity contribution in [3.8, 4) is 0 Å². The number of rotatable bonds is 3. The topological polar surface area (TPSA) is 12.0 Å². The largest absolute Gasteiger partial charge is 0.377 e. The molecule has 106 valence electrons. The summed E-state index contributed by atoms with van der Waals surface area (Å²) in [6.07, 6.45) is 0. The maximum Gasteiger partial charge on any atom is 0.124 e. The molecule has 21 heavy (non-hydrogen) atoms. The van der Waals surface area contributed by atoms with E-state index in [0.29, 0.717) is 5.02 Å². The molecule has 0 heterocycles. The van der Waals surface area contributed by atoms with Crippen LogP contribution < -0.4 is 5.32 Å². The van der Waals surface area contributed by atoms with Crippen molar-refractivity contribution in [2.45, 2.75) is 13.0 Å². The van der Waals surface area contributed by atoms with Gasteiger partial charge in [-0.25, -0.2) is 4.39 Å². The molecule has 3 heteroatoms. The first-order valence-corrected chi connectivity index (χ1v) is 7.22. The predicted octanol–water partition coefficient (Wildman–Crippen LogP) is 5.81. The molecule has 1 atom stereocenters. The molecule has 1 unspecified atom stereocenters. The minimum Gasteiger partial charge on any atom is -0.377 e. The molecule has 0 aliphatic carbocycles. The van der Waals surface area contributed by atoms with Gasteiger partial charge in [-0.2, -0.15) is 0 Å². The zero-order valence-corrected chi connectivity index (χ0v) is 12.4. The van der Waals surface area contributed by atoms with Gasteiger partial charge in [0.2, 0.25) is 0 Å². The molecule has 0 spiro atoms. The van der Waals surface area contributed by atoms with Crippen LogP contribution in [0.5, 0.6) is 0 Å². The molecule has 0 aromatic heterocycles. The van der Waals surface area contributed by atoms with E-state index in [9.17, 15) is 4.39 Å². The molecule has 1 nitrogen and oxygen atoms in total. The lowest BCUT2D eigenvalue weighted by atomic mass is 9.99. The number of hydrogen-bond acceptors (Lipinski definition) is 1. The number of fused-ring (bicyclic) bond motifs is 1. The van der Waals surface area contributed by atoms with Crippen molar-refractivity contribution in [3.63, 3.8) is 0 Å². The Morgan fingerprint density at radius 2 is 1.76 bits per heavy atom. The lowest BCUT2D eigenvalue weighted by molar-refractivity contribution is 0.628. The first kappa shape index (κ1) is 13.9. The fourth-order valence-corrected chi connectivity index (χ4v) is 2.77. The van der Waals surface area contributed by atoms with E-state index in [2.05, 4.69) is 36.5 Å². The summed E-state index contributed by atoms with van der Waals surface area (Å²) in [7, 11) is 0. The minimum absolute atomic E-state index is 0.0686. The van der Waals surface area contributed by atoms with Gasteiger partial charge in [0.05, 0.1) is 10.7 Å². The summed E-state index contributed by atoms with van der Waals surface area (Å²) >= 11 is 6.08. The van der Waals surface area contributed by atoms with E-state index in [1.165, 1.54) is 28.5 Å². The SMILES string of the molecule is CC(Nc1ccc(F)cc1Cl)c1cccc2ccccc12. The second kappa shape index (κ2) is 5.74. The van der Waals surface area contributed by atoms with Crippen LogP contribution in [0.2, 0.25) is 5.02 Å². The molecule has 3 aromatic rings. The molecule has 0 aliphatic rings. The maximum atomic E-state index is 13.1. The lowest BCUT2D eigenvalue weighted by Gasteiger charge is -2.18. The van der Waals surface area contributed by atoms with Gasteiger partial charge in [-0.05, 0) is 41.5 Å². The summed E-state index contributed by atoms with van der Waals surface area (Å²) in [4.78, 5) is 0. The van der Waals surface area contributed by atoms with E-state index in [4.69, 9.17) is 11.6 Å². The second-order valence-corrected chi connectivity index (χ2v) is 5.47. The highest BCUT2D eigenvalue weighted by Crippen LogP contribution is 2.30. The molecule has 0 radical (unpaired) electrons. The summed E-state index contributed by atoms with van der Waals surface area (Å²) in [6, 6.07) is 19.0. The van der Waals surface area contributed by atoms with E-state index in [-0.39, 0.29) is 11.9 Å². The zero-order valence-electron chi connectivity index (χ0n) is 11.6. The Morgan fingerprint density at radius 3 is 2.57 bits per heavy atom. The van der Waals surface area contributed by atoms with Crippen LogP contribution >= 0.6 is 11.6 Å². The normalized spacial score (nSPS) is 12.3. The van der Waals surface area contributed by atoms with E-state index < -0.39 is 0 Å². The maximum absolute atomic E-state index is 13.1. The highest BCUT2D eigenvalue weighted by atomic mass is 35.5. The fourth-order valence-electron chi connectivity index (χ4n) is 2.55. The van der Waals surface area contributed by atoms with Crippen molar-refractivity contribution >= 4 is 28.1 Å². The quantitative estimate of drug-likeness (QED) is 0.644. The first-order chi connectivity index (χ1) is 10.1. The molecule has 3 aromatic carbocycles. The third-order valence-electron chi connectivity index (χ3n) is 3.59. The Kier molecular flexibility index (Phi) is 3.80. The first-order valence-electron chi connectivity index (χ1n) is 6.84. The van der Waals surface area contributed by atoms with Gasteiger partial charge in [-0.15, -0.1) is 0 Å². The molecule has 0 saturated carbocycles. The monoisotopic (exact) mass is 299 g/mol. The molecule has 0 amide bonds.